The van der Waals surface area contributed by atoms with Crippen molar-refractivity contribution in [2.24, 2.45) is 0 Å². The Hall–Kier alpha value is -1.12. The van der Waals surface area contributed by atoms with Crippen molar-refractivity contribution >= 4 is 25.5 Å². The summed E-state index contributed by atoms with van der Waals surface area (Å²) in [7, 11) is -6.98. The second-order valence-corrected chi connectivity index (χ2v) is 8.59. The van der Waals surface area contributed by atoms with E-state index in [1.54, 1.807) is 12.1 Å². The van der Waals surface area contributed by atoms with Crippen molar-refractivity contribution in [3.63, 3.8) is 0 Å². The van der Waals surface area contributed by atoms with Crippen molar-refractivity contribution in [1.82, 2.24) is 5.32 Å². The van der Waals surface area contributed by atoms with E-state index in [0.717, 1.165) is 18.4 Å². The minimum atomic E-state index is -3.67. The number of sulfonamides is 1. The zero-order valence-corrected chi connectivity index (χ0v) is 13.2. The zero-order chi connectivity index (χ0) is 15.2. The first-order chi connectivity index (χ1) is 9.23. The molecule has 1 rings (SSSR count). The fourth-order valence-electron chi connectivity index (χ4n) is 1.51. The van der Waals surface area contributed by atoms with Crippen LogP contribution in [0.5, 0.6) is 0 Å². The van der Waals surface area contributed by atoms with Gasteiger partial charge in [-0.05, 0) is 18.2 Å². The molecule has 0 heterocycles. The van der Waals surface area contributed by atoms with Gasteiger partial charge in [-0.3, -0.25) is 4.72 Å². The lowest BCUT2D eigenvalue weighted by Gasteiger charge is -2.12. The van der Waals surface area contributed by atoms with Crippen LogP contribution in [-0.2, 0) is 26.4 Å². The molecule has 114 valence electrons. The lowest BCUT2D eigenvalue weighted by molar-refractivity contribution is 0.593. The van der Waals surface area contributed by atoms with Gasteiger partial charge in [-0.2, -0.15) is 0 Å². The molecule has 0 atom stereocenters. The van der Waals surface area contributed by atoms with Gasteiger partial charge in [0.15, 0.2) is 0 Å². The SMILES string of the molecule is CCNCc1ccccc1NS(=O)(=O)CCS(C)(=O)=O. The van der Waals surface area contributed by atoms with Gasteiger partial charge in [-0.25, -0.2) is 16.8 Å². The van der Waals surface area contributed by atoms with Crippen molar-refractivity contribution in [2.45, 2.75) is 13.5 Å². The van der Waals surface area contributed by atoms with Gasteiger partial charge >= 0.3 is 0 Å². The molecule has 6 nitrogen and oxygen atoms in total. The Kier molecular flexibility index (Phi) is 5.97. The van der Waals surface area contributed by atoms with Crippen LogP contribution >= 0.6 is 0 Å². The molecule has 0 aliphatic rings. The summed E-state index contributed by atoms with van der Waals surface area (Å²) in [5.74, 6) is -0.834. The van der Waals surface area contributed by atoms with E-state index in [-0.39, 0.29) is 0 Å². The Morgan fingerprint density at radius 3 is 2.30 bits per heavy atom. The Labute approximate surface area is 120 Å². The van der Waals surface area contributed by atoms with E-state index >= 15 is 0 Å². The summed E-state index contributed by atoms with van der Waals surface area (Å²) in [5.41, 5.74) is 1.29. The number of anilines is 1. The van der Waals surface area contributed by atoms with Gasteiger partial charge in [0.2, 0.25) is 10.0 Å². The van der Waals surface area contributed by atoms with E-state index in [2.05, 4.69) is 10.0 Å². The molecule has 1 aromatic carbocycles. The molecule has 1 aromatic rings. The molecule has 0 saturated carbocycles. The lowest BCUT2D eigenvalue weighted by atomic mass is 10.2. The highest BCUT2D eigenvalue weighted by molar-refractivity contribution is 7.95. The summed E-state index contributed by atoms with van der Waals surface area (Å²) in [6.07, 6.45) is 1.02. The van der Waals surface area contributed by atoms with E-state index < -0.39 is 31.4 Å². The van der Waals surface area contributed by atoms with Crippen LogP contribution in [0.3, 0.4) is 0 Å². The second-order valence-electron chi connectivity index (χ2n) is 4.49. The molecule has 2 N–H and O–H groups in total. The molecule has 0 aromatic heterocycles. The monoisotopic (exact) mass is 320 g/mol. The van der Waals surface area contributed by atoms with Crippen LogP contribution < -0.4 is 10.0 Å². The Balaban J connectivity index is 2.81. The van der Waals surface area contributed by atoms with Crippen molar-refractivity contribution < 1.29 is 16.8 Å². The van der Waals surface area contributed by atoms with E-state index in [4.69, 9.17) is 0 Å². The molecule has 0 unspecified atom stereocenters. The van der Waals surface area contributed by atoms with Crippen LogP contribution in [-0.4, -0.2) is 41.1 Å². The zero-order valence-electron chi connectivity index (χ0n) is 11.6. The summed E-state index contributed by atoms with van der Waals surface area (Å²) in [6, 6.07) is 7.02. The fourth-order valence-corrected chi connectivity index (χ4v) is 4.24. The lowest BCUT2D eigenvalue weighted by Crippen LogP contribution is -2.23. The smallest absolute Gasteiger partial charge is 0.233 e. The van der Waals surface area contributed by atoms with E-state index in [9.17, 15) is 16.8 Å². The van der Waals surface area contributed by atoms with Gasteiger partial charge < -0.3 is 5.32 Å². The van der Waals surface area contributed by atoms with E-state index in [0.29, 0.717) is 12.2 Å². The molecule has 0 fully saturated rings. The maximum absolute atomic E-state index is 11.9. The molecule has 0 radical (unpaired) electrons. The normalized spacial score (nSPS) is 12.3. The van der Waals surface area contributed by atoms with Gasteiger partial charge in [0.05, 0.1) is 17.2 Å². The maximum atomic E-state index is 11.9. The molecule has 8 heteroatoms. The maximum Gasteiger partial charge on any atom is 0.233 e. The van der Waals surface area contributed by atoms with Crippen molar-refractivity contribution in [3.8, 4) is 0 Å². The quantitative estimate of drug-likeness (QED) is 0.731. The van der Waals surface area contributed by atoms with Gasteiger partial charge in [-0.1, -0.05) is 25.1 Å². The Morgan fingerprint density at radius 1 is 1.05 bits per heavy atom. The third-order valence-electron chi connectivity index (χ3n) is 2.57. The molecular formula is C12H20N2O4S2. The number of para-hydroxylation sites is 1. The van der Waals surface area contributed by atoms with E-state index in [1.807, 2.05) is 19.1 Å². The van der Waals surface area contributed by atoms with Crippen LogP contribution in [0, 0.1) is 0 Å². The molecular weight excluding hydrogens is 300 g/mol. The van der Waals surface area contributed by atoms with Gasteiger partial charge in [0.1, 0.15) is 9.84 Å². The molecule has 0 aliphatic heterocycles. The van der Waals surface area contributed by atoms with Crippen molar-refractivity contribution in [1.29, 1.82) is 0 Å². The minimum absolute atomic E-state index is 0.391. The summed E-state index contributed by atoms with van der Waals surface area (Å²) in [4.78, 5) is 0. The van der Waals surface area contributed by atoms with Crippen molar-refractivity contribution in [3.05, 3.63) is 29.8 Å². The first kappa shape index (κ1) is 16.9. The number of hydrogen-bond donors (Lipinski definition) is 2. The Bertz CT molecular complexity index is 639. The third-order valence-corrected chi connectivity index (χ3v) is 5.05. The van der Waals surface area contributed by atoms with Crippen LogP contribution in [0.1, 0.15) is 12.5 Å². The highest BCUT2D eigenvalue weighted by Gasteiger charge is 2.15. The molecule has 0 spiro atoms. The number of rotatable bonds is 8. The van der Waals surface area contributed by atoms with Gasteiger partial charge in [-0.15, -0.1) is 0 Å². The highest BCUT2D eigenvalue weighted by atomic mass is 32.2. The molecule has 0 aliphatic carbocycles. The molecule has 0 amide bonds. The van der Waals surface area contributed by atoms with Gasteiger partial charge in [0, 0.05) is 12.8 Å². The number of benzene rings is 1. The largest absolute Gasteiger partial charge is 0.313 e. The second kappa shape index (κ2) is 7.05. The predicted molar refractivity (Wildman–Crippen MR) is 80.9 cm³/mol. The standard InChI is InChI=1S/C12H20N2O4S2/c1-3-13-10-11-6-4-5-7-12(11)14-20(17,18)9-8-19(2,15)16/h4-7,13-14H,3,8-10H2,1-2H3. The van der Waals surface area contributed by atoms with Crippen LogP contribution in [0.2, 0.25) is 0 Å². The molecule has 0 bridgehead atoms. The predicted octanol–water partition coefficient (Wildman–Crippen LogP) is 0.582. The number of sulfone groups is 1. The first-order valence-corrected chi connectivity index (χ1v) is 9.91. The Morgan fingerprint density at radius 2 is 1.70 bits per heavy atom. The van der Waals surface area contributed by atoms with E-state index in [1.165, 1.54) is 0 Å². The summed E-state index contributed by atoms with van der Waals surface area (Å²) in [5, 5.41) is 3.12. The number of nitrogens with one attached hydrogen (secondary N) is 2. The molecule has 20 heavy (non-hydrogen) atoms. The third kappa shape index (κ3) is 6.36. The van der Waals surface area contributed by atoms with Crippen LogP contribution in [0.15, 0.2) is 24.3 Å². The van der Waals surface area contributed by atoms with Gasteiger partial charge in [0.25, 0.3) is 0 Å². The average Bonchev–Trinajstić information content (AvgIpc) is 2.34. The van der Waals surface area contributed by atoms with Crippen LogP contribution in [0.4, 0.5) is 5.69 Å². The summed E-state index contributed by atoms with van der Waals surface area (Å²) >= 11 is 0. The average molecular weight is 320 g/mol. The topological polar surface area (TPSA) is 92.3 Å². The fraction of sp³-hybridized carbons (Fsp3) is 0.500. The number of hydrogen-bond acceptors (Lipinski definition) is 5. The molecule has 0 saturated heterocycles. The van der Waals surface area contributed by atoms with Crippen molar-refractivity contribution in [2.75, 3.05) is 29.0 Å². The summed E-state index contributed by atoms with van der Waals surface area (Å²) < 4.78 is 48.3. The van der Waals surface area contributed by atoms with Crippen LogP contribution in [0.25, 0.3) is 0 Å². The highest BCUT2D eigenvalue weighted by Crippen LogP contribution is 2.16. The minimum Gasteiger partial charge on any atom is -0.313 e. The first-order valence-electron chi connectivity index (χ1n) is 6.20. The summed E-state index contributed by atoms with van der Waals surface area (Å²) in [6.45, 7) is 3.27.